The number of hydrogen-bond donors (Lipinski definition) is 0. The van der Waals surface area contributed by atoms with Gasteiger partial charge in [-0.05, 0) is 141 Å². The van der Waals surface area contributed by atoms with Gasteiger partial charge in [-0.2, -0.15) is 0 Å². The van der Waals surface area contributed by atoms with Gasteiger partial charge in [0.1, 0.15) is 0 Å². The molecule has 0 bridgehead atoms. The van der Waals surface area contributed by atoms with Gasteiger partial charge in [0.25, 0.3) is 6.71 Å². The molecule has 2 aliphatic heterocycles. The Morgan fingerprint density at radius 3 is 0.873 bits per heavy atom. The Kier molecular flexibility index (Phi) is 13.1. The maximum absolute atomic E-state index is 2.69. The van der Waals surface area contributed by atoms with Crippen LogP contribution in [0.25, 0.3) is 138 Å². The van der Waals surface area contributed by atoms with E-state index in [0.717, 1.165) is 134 Å². The van der Waals surface area contributed by atoms with E-state index in [1.165, 1.54) is 54.2 Å². The van der Waals surface area contributed by atoms with Crippen molar-refractivity contribution in [3.05, 3.63) is 376 Å². The predicted molar refractivity (Wildman–Crippen MR) is 431 cm³/mol. The summed E-state index contributed by atoms with van der Waals surface area (Å²) >= 11 is 0. The summed E-state index contributed by atoms with van der Waals surface area (Å²) in [6.45, 7) is -0.264. The molecule has 0 spiro atoms. The van der Waals surface area contributed by atoms with E-state index in [4.69, 9.17) is 0 Å². The van der Waals surface area contributed by atoms with Gasteiger partial charge in [-0.1, -0.05) is 285 Å². The average molecular weight is 1300 g/mol. The third kappa shape index (κ3) is 8.79. The Morgan fingerprint density at radius 1 is 0.186 bits per heavy atom. The normalized spacial score (nSPS) is 12.5. The van der Waals surface area contributed by atoms with Gasteiger partial charge in [-0.15, -0.1) is 0 Å². The topological polar surface area (TPSA) is 21.3 Å². The maximum atomic E-state index is 2.69. The van der Waals surface area contributed by atoms with E-state index >= 15 is 0 Å². The quantitative estimate of drug-likeness (QED) is 0.127. The van der Waals surface area contributed by atoms with Crippen molar-refractivity contribution in [1.29, 1.82) is 0 Å². The standard InChI is InChI=1S/C96H62BN5/c1-6-28-63(29-7-1)72-43-26-44-73(64-30-8-2-9-31-64)95(72)101-90-61-70(99-84-47-21-16-38-76(84)77-39-17-22-48-85(77)99)53-55-82(90)97-83-56-54-71(100-86-49-23-18-40-78(86)79-41-19-24-50-87(79)100)62-91(83)102(96-74(65-32-10-3-11-33-65)45-27-46-75(96)66-34-12-4-13-35-66)93-60-68(59-92(101)94(93)97)67-52-57-89-81(58-67)80-42-20-25-51-88(80)98(89)69-36-14-5-15-37-69/h1-62H. The minimum atomic E-state index is -0.264. The molecule has 19 aromatic rings. The molecule has 0 unspecified atom stereocenters. The van der Waals surface area contributed by atoms with Gasteiger partial charge in [0.15, 0.2) is 0 Å². The number of nitrogens with zero attached hydrogens (tertiary/aromatic N) is 5. The van der Waals surface area contributed by atoms with E-state index in [1.54, 1.807) is 0 Å². The second-order valence-electron chi connectivity index (χ2n) is 27.0. The number of anilines is 6. The lowest BCUT2D eigenvalue weighted by Crippen LogP contribution is -2.61. The lowest BCUT2D eigenvalue weighted by molar-refractivity contribution is 1.17. The van der Waals surface area contributed by atoms with Crippen molar-refractivity contribution in [1.82, 2.24) is 13.7 Å². The van der Waals surface area contributed by atoms with E-state index in [1.807, 2.05) is 0 Å². The maximum Gasteiger partial charge on any atom is 0.252 e. The number of hydrogen-bond acceptors (Lipinski definition) is 2. The van der Waals surface area contributed by atoms with Crippen LogP contribution in [0.5, 0.6) is 0 Å². The number of para-hydroxylation sites is 8. The highest BCUT2D eigenvalue weighted by molar-refractivity contribution is 7.00. The van der Waals surface area contributed by atoms with E-state index < -0.39 is 0 Å². The summed E-state index contributed by atoms with van der Waals surface area (Å²) in [4.78, 5) is 5.37. The summed E-state index contributed by atoms with van der Waals surface area (Å²) in [5.41, 5.74) is 31.8. The summed E-state index contributed by atoms with van der Waals surface area (Å²) in [6.07, 6.45) is 0. The monoisotopic (exact) mass is 1300 g/mol. The number of fused-ring (bicyclic) bond motifs is 13. The van der Waals surface area contributed by atoms with E-state index in [-0.39, 0.29) is 6.71 Å². The molecule has 0 aliphatic carbocycles. The first kappa shape index (κ1) is 57.6. The van der Waals surface area contributed by atoms with E-state index in [9.17, 15) is 0 Å². The average Bonchev–Trinajstić information content (AvgIpc) is 0.720. The lowest BCUT2D eigenvalue weighted by atomic mass is 9.33. The van der Waals surface area contributed by atoms with Crippen molar-refractivity contribution in [3.63, 3.8) is 0 Å². The molecule has 21 rings (SSSR count). The van der Waals surface area contributed by atoms with Crippen LogP contribution in [-0.4, -0.2) is 20.4 Å². The van der Waals surface area contributed by atoms with Crippen molar-refractivity contribution in [3.8, 4) is 72.7 Å². The summed E-state index contributed by atoms with van der Waals surface area (Å²) < 4.78 is 7.40. The smallest absolute Gasteiger partial charge is 0.252 e. The fraction of sp³-hybridized carbons (Fsp3) is 0. The zero-order chi connectivity index (χ0) is 66.9. The molecule has 5 nitrogen and oxygen atoms in total. The molecule has 6 heteroatoms. The highest BCUT2D eigenvalue weighted by atomic mass is 15.2. The van der Waals surface area contributed by atoms with Gasteiger partial charge in [-0.3, -0.25) is 0 Å². The largest absolute Gasteiger partial charge is 0.310 e. The molecule has 3 aromatic heterocycles. The van der Waals surface area contributed by atoms with Crippen LogP contribution in [0.15, 0.2) is 376 Å². The molecule has 0 saturated heterocycles. The van der Waals surface area contributed by atoms with E-state index in [0.29, 0.717) is 0 Å². The summed E-state index contributed by atoms with van der Waals surface area (Å²) in [6, 6.07) is 140. The fourth-order valence-corrected chi connectivity index (χ4v) is 17.3. The van der Waals surface area contributed by atoms with Crippen LogP contribution >= 0.6 is 0 Å². The summed E-state index contributed by atoms with van der Waals surface area (Å²) in [7, 11) is 0. The molecule has 0 N–H and O–H groups in total. The molecule has 102 heavy (non-hydrogen) atoms. The second kappa shape index (κ2) is 23.1. The first-order valence-electron chi connectivity index (χ1n) is 35.3. The van der Waals surface area contributed by atoms with Crippen LogP contribution in [0.3, 0.4) is 0 Å². The number of rotatable bonds is 10. The van der Waals surface area contributed by atoms with Crippen LogP contribution in [0.2, 0.25) is 0 Å². The van der Waals surface area contributed by atoms with Crippen molar-refractivity contribution < 1.29 is 0 Å². The lowest BCUT2D eigenvalue weighted by Gasteiger charge is -2.46. The highest BCUT2D eigenvalue weighted by Crippen LogP contribution is 2.55. The number of aromatic nitrogens is 3. The third-order valence-electron chi connectivity index (χ3n) is 21.6. The molecule has 0 radical (unpaired) electrons. The van der Waals surface area contributed by atoms with Crippen molar-refractivity contribution >= 4 is 123 Å². The zero-order valence-electron chi connectivity index (χ0n) is 55.6. The molecular formula is C96H62BN5. The summed E-state index contributed by atoms with van der Waals surface area (Å²) in [5, 5.41) is 7.27. The second-order valence-corrected chi connectivity index (χ2v) is 27.0. The van der Waals surface area contributed by atoms with Crippen molar-refractivity contribution in [2.75, 3.05) is 9.80 Å². The first-order valence-corrected chi connectivity index (χ1v) is 35.3. The Morgan fingerprint density at radius 2 is 0.500 bits per heavy atom. The highest BCUT2D eigenvalue weighted by Gasteiger charge is 2.46. The van der Waals surface area contributed by atoms with Crippen LogP contribution in [-0.2, 0) is 0 Å². The first-order chi connectivity index (χ1) is 50.7. The minimum absolute atomic E-state index is 0.264. The molecule has 0 saturated carbocycles. The predicted octanol–water partition coefficient (Wildman–Crippen LogP) is 23.4. The van der Waals surface area contributed by atoms with Gasteiger partial charge >= 0.3 is 0 Å². The Labute approximate surface area is 591 Å². The SMILES string of the molecule is c1ccc(-c2cccc(-c3ccccc3)c2N2c3cc(-n4c5ccccc5c5ccccc54)ccc3B3c4ccc(-n5c6ccccc6c6ccccc65)cc4N(c4c(-c5ccccc5)cccc4-c4ccccc4)c4cc(-c5ccc6c(c5)c5ccccc5n6-c5ccccc5)cc2c43)cc1. The Bertz CT molecular complexity index is 6030. The fourth-order valence-electron chi connectivity index (χ4n) is 17.3. The van der Waals surface area contributed by atoms with Crippen LogP contribution in [0.1, 0.15) is 0 Å². The van der Waals surface area contributed by atoms with E-state index in [2.05, 4.69) is 400 Å². The van der Waals surface area contributed by atoms with Gasteiger partial charge in [0.05, 0.1) is 44.5 Å². The molecule has 474 valence electrons. The van der Waals surface area contributed by atoms with Crippen LogP contribution in [0.4, 0.5) is 34.1 Å². The molecule has 16 aromatic carbocycles. The van der Waals surface area contributed by atoms with Crippen molar-refractivity contribution in [2.45, 2.75) is 0 Å². The summed E-state index contributed by atoms with van der Waals surface area (Å²) in [5.74, 6) is 0. The number of benzene rings is 16. The van der Waals surface area contributed by atoms with Gasteiger partial charge in [-0.25, -0.2) is 0 Å². The van der Waals surface area contributed by atoms with Gasteiger partial charge in [0.2, 0.25) is 0 Å². The zero-order valence-corrected chi connectivity index (χ0v) is 55.6. The minimum Gasteiger partial charge on any atom is -0.310 e. The molecule has 5 heterocycles. The molecule has 2 aliphatic rings. The van der Waals surface area contributed by atoms with Crippen LogP contribution in [0, 0.1) is 0 Å². The van der Waals surface area contributed by atoms with Gasteiger partial charge < -0.3 is 23.5 Å². The molecule has 0 amide bonds. The molecule has 0 fully saturated rings. The molecular weight excluding hydrogens is 1230 g/mol. The van der Waals surface area contributed by atoms with Crippen LogP contribution < -0.4 is 26.2 Å². The third-order valence-corrected chi connectivity index (χ3v) is 21.6. The Hall–Kier alpha value is -13.4. The molecule has 0 atom stereocenters. The Balaban J connectivity index is 0.946. The van der Waals surface area contributed by atoms with Crippen molar-refractivity contribution in [2.24, 2.45) is 0 Å². The van der Waals surface area contributed by atoms with Gasteiger partial charge in [0, 0.05) is 94.4 Å².